The molecular weight excluding hydrogens is 232 g/mol. The molecule has 0 aliphatic heterocycles. The molecule has 1 aromatic carbocycles. The topological polar surface area (TPSA) is 17.8 Å². The smallest absolute Gasteiger partial charge is 0.0991 e. The van der Waals surface area contributed by atoms with Crippen LogP contribution < -0.4 is 0 Å². The van der Waals surface area contributed by atoms with Gasteiger partial charge in [0.25, 0.3) is 0 Å². The van der Waals surface area contributed by atoms with Gasteiger partial charge in [0.15, 0.2) is 0 Å². The lowest BCUT2D eigenvalue weighted by molar-refractivity contribution is 0.411. The standard InChI is InChI=1S/C17H22N2/c1-17(2,3)11-13-4-7-16(19-9-8-18-12-19)15(10-13)14-5-6-14/h4,7-10,12,14H,5-6,11H2,1-3H3. The molecule has 0 amide bonds. The number of hydrogen-bond donors (Lipinski definition) is 0. The summed E-state index contributed by atoms with van der Waals surface area (Å²) in [6.07, 6.45) is 9.58. The molecule has 100 valence electrons. The Kier molecular flexibility index (Phi) is 2.96. The van der Waals surface area contributed by atoms with E-state index in [0.717, 1.165) is 12.3 Å². The van der Waals surface area contributed by atoms with Gasteiger partial charge in [-0.1, -0.05) is 32.9 Å². The van der Waals surface area contributed by atoms with Crippen LogP contribution in [-0.4, -0.2) is 9.55 Å². The molecule has 0 bridgehead atoms. The summed E-state index contributed by atoms with van der Waals surface area (Å²) >= 11 is 0. The second-order valence-corrected chi connectivity index (χ2v) is 6.87. The maximum Gasteiger partial charge on any atom is 0.0991 e. The monoisotopic (exact) mass is 254 g/mol. The summed E-state index contributed by atoms with van der Waals surface area (Å²) in [6, 6.07) is 6.95. The van der Waals surface area contributed by atoms with Crippen molar-refractivity contribution in [2.75, 3.05) is 0 Å². The zero-order valence-electron chi connectivity index (χ0n) is 12.1. The van der Waals surface area contributed by atoms with E-state index in [1.165, 1.54) is 29.7 Å². The molecule has 19 heavy (non-hydrogen) atoms. The van der Waals surface area contributed by atoms with Crippen molar-refractivity contribution in [3.63, 3.8) is 0 Å². The fourth-order valence-electron chi connectivity index (χ4n) is 2.68. The molecule has 2 nitrogen and oxygen atoms in total. The molecule has 1 saturated carbocycles. The molecular formula is C17H22N2. The van der Waals surface area contributed by atoms with E-state index < -0.39 is 0 Å². The Morgan fingerprint density at radius 3 is 2.63 bits per heavy atom. The summed E-state index contributed by atoms with van der Waals surface area (Å²) in [6.45, 7) is 6.90. The molecule has 1 heterocycles. The van der Waals surface area contributed by atoms with E-state index in [-0.39, 0.29) is 0 Å². The van der Waals surface area contributed by atoms with Gasteiger partial charge in [-0.15, -0.1) is 0 Å². The second-order valence-electron chi connectivity index (χ2n) is 6.87. The van der Waals surface area contributed by atoms with Crippen molar-refractivity contribution in [3.05, 3.63) is 48.0 Å². The summed E-state index contributed by atoms with van der Waals surface area (Å²) in [4.78, 5) is 4.16. The van der Waals surface area contributed by atoms with Gasteiger partial charge in [-0.05, 0) is 47.8 Å². The molecule has 0 radical (unpaired) electrons. The highest BCUT2D eigenvalue weighted by Crippen LogP contribution is 2.43. The first-order valence-electron chi connectivity index (χ1n) is 7.14. The average molecular weight is 254 g/mol. The Bertz CT molecular complexity index is 557. The minimum atomic E-state index is 0.345. The van der Waals surface area contributed by atoms with Gasteiger partial charge in [0.1, 0.15) is 0 Å². The first-order valence-corrected chi connectivity index (χ1v) is 7.14. The summed E-state index contributed by atoms with van der Waals surface area (Å²) in [7, 11) is 0. The SMILES string of the molecule is CC(C)(C)Cc1ccc(-n2ccnc2)c(C2CC2)c1. The first kappa shape index (κ1) is 12.5. The Balaban J connectivity index is 1.98. The average Bonchev–Trinajstić information content (AvgIpc) is 3.03. The van der Waals surface area contributed by atoms with Gasteiger partial charge in [-0.3, -0.25) is 0 Å². The number of imidazole rings is 1. The fourth-order valence-corrected chi connectivity index (χ4v) is 2.68. The molecule has 0 atom stereocenters. The lowest BCUT2D eigenvalue weighted by atomic mass is 9.87. The number of nitrogens with zero attached hydrogens (tertiary/aromatic N) is 2. The molecule has 0 unspecified atom stereocenters. The van der Waals surface area contributed by atoms with Crippen LogP contribution in [-0.2, 0) is 6.42 Å². The van der Waals surface area contributed by atoms with Gasteiger partial charge in [0.2, 0.25) is 0 Å². The van der Waals surface area contributed by atoms with Gasteiger partial charge < -0.3 is 4.57 Å². The quantitative estimate of drug-likeness (QED) is 0.796. The molecule has 2 heteroatoms. The lowest BCUT2D eigenvalue weighted by Gasteiger charge is -2.20. The van der Waals surface area contributed by atoms with Crippen molar-refractivity contribution in [2.24, 2.45) is 5.41 Å². The van der Waals surface area contributed by atoms with Crippen molar-refractivity contribution in [2.45, 2.75) is 46.0 Å². The third kappa shape index (κ3) is 2.89. The van der Waals surface area contributed by atoms with Crippen LogP contribution in [0.2, 0.25) is 0 Å². The molecule has 0 N–H and O–H groups in total. The van der Waals surface area contributed by atoms with Crippen LogP contribution in [0.15, 0.2) is 36.9 Å². The summed E-state index contributed by atoms with van der Waals surface area (Å²) in [5.74, 6) is 0.761. The molecule has 0 spiro atoms. The van der Waals surface area contributed by atoms with Crippen LogP contribution in [0.3, 0.4) is 0 Å². The summed E-state index contributed by atoms with van der Waals surface area (Å²) < 4.78 is 2.13. The van der Waals surface area contributed by atoms with Crippen molar-refractivity contribution >= 4 is 0 Å². The van der Waals surface area contributed by atoms with Gasteiger partial charge in [-0.2, -0.15) is 0 Å². The summed E-state index contributed by atoms with van der Waals surface area (Å²) in [5, 5.41) is 0. The third-order valence-electron chi connectivity index (χ3n) is 3.63. The van der Waals surface area contributed by atoms with E-state index in [2.05, 4.69) is 48.5 Å². The maximum atomic E-state index is 4.16. The molecule has 2 aromatic rings. The van der Waals surface area contributed by atoms with Gasteiger partial charge >= 0.3 is 0 Å². The van der Waals surface area contributed by atoms with Crippen LogP contribution in [0.25, 0.3) is 5.69 Å². The van der Waals surface area contributed by atoms with Crippen LogP contribution >= 0.6 is 0 Å². The van der Waals surface area contributed by atoms with Gasteiger partial charge in [0.05, 0.1) is 6.33 Å². The molecule has 1 fully saturated rings. The van der Waals surface area contributed by atoms with E-state index >= 15 is 0 Å². The second kappa shape index (κ2) is 4.52. The Morgan fingerprint density at radius 2 is 2.05 bits per heavy atom. The molecule has 3 rings (SSSR count). The van der Waals surface area contributed by atoms with Crippen molar-refractivity contribution in [3.8, 4) is 5.69 Å². The van der Waals surface area contributed by atoms with Crippen molar-refractivity contribution in [1.82, 2.24) is 9.55 Å². The Hall–Kier alpha value is -1.57. The minimum Gasteiger partial charge on any atom is -0.306 e. The highest BCUT2D eigenvalue weighted by molar-refractivity contribution is 5.47. The molecule has 1 aliphatic carbocycles. The Labute approximate surface area is 115 Å². The van der Waals surface area contributed by atoms with E-state index in [1.54, 1.807) is 0 Å². The zero-order chi connectivity index (χ0) is 13.5. The lowest BCUT2D eigenvalue weighted by Crippen LogP contribution is -2.10. The largest absolute Gasteiger partial charge is 0.306 e. The van der Waals surface area contributed by atoms with Gasteiger partial charge in [-0.25, -0.2) is 4.98 Å². The van der Waals surface area contributed by atoms with Crippen LogP contribution in [0.1, 0.15) is 50.7 Å². The van der Waals surface area contributed by atoms with E-state index in [4.69, 9.17) is 0 Å². The maximum absolute atomic E-state index is 4.16. The number of rotatable bonds is 3. The van der Waals surface area contributed by atoms with Crippen molar-refractivity contribution in [1.29, 1.82) is 0 Å². The van der Waals surface area contributed by atoms with Crippen LogP contribution in [0.4, 0.5) is 0 Å². The number of aromatic nitrogens is 2. The van der Waals surface area contributed by atoms with Crippen molar-refractivity contribution < 1.29 is 0 Å². The van der Waals surface area contributed by atoms with Gasteiger partial charge in [0, 0.05) is 18.1 Å². The number of benzene rings is 1. The third-order valence-corrected chi connectivity index (χ3v) is 3.63. The van der Waals surface area contributed by atoms with E-state index in [1.807, 2.05) is 18.7 Å². The first-order chi connectivity index (χ1) is 9.03. The zero-order valence-corrected chi connectivity index (χ0v) is 12.1. The number of hydrogen-bond acceptors (Lipinski definition) is 1. The molecule has 0 saturated heterocycles. The predicted octanol–water partition coefficient (Wildman–Crippen LogP) is 4.34. The molecule has 1 aromatic heterocycles. The van der Waals surface area contributed by atoms with E-state index in [0.29, 0.717) is 5.41 Å². The fraction of sp³-hybridized carbons (Fsp3) is 0.471. The van der Waals surface area contributed by atoms with Crippen LogP contribution in [0, 0.1) is 5.41 Å². The highest BCUT2D eigenvalue weighted by atomic mass is 15.0. The predicted molar refractivity (Wildman–Crippen MR) is 78.7 cm³/mol. The minimum absolute atomic E-state index is 0.345. The van der Waals surface area contributed by atoms with Crippen LogP contribution in [0.5, 0.6) is 0 Å². The molecule has 1 aliphatic rings. The summed E-state index contributed by atoms with van der Waals surface area (Å²) in [5.41, 5.74) is 4.60. The van der Waals surface area contributed by atoms with E-state index in [9.17, 15) is 0 Å². The normalized spacial score (nSPS) is 15.7. The highest BCUT2D eigenvalue weighted by Gasteiger charge is 2.27. The Morgan fingerprint density at radius 1 is 1.26 bits per heavy atom.